The zero-order valence-electron chi connectivity index (χ0n) is 11.6. The number of hydrogen-bond donors (Lipinski definition) is 0. The summed E-state index contributed by atoms with van der Waals surface area (Å²) in [5, 5.41) is 21.7. The van der Waals surface area contributed by atoms with Gasteiger partial charge in [0, 0.05) is 24.3 Å². The van der Waals surface area contributed by atoms with Crippen molar-refractivity contribution in [2.24, 2.45) is 0 Å². The first kappa shape index (κ1) is 15.1. The average Bonchev–Trinajstić information content (AvgIpc) is 2.53. The summed E-state index contributed by atoms with van der Waals surface area (Å²) >= 11 is 0. The lowest BCUT2D eigenvalue weighted by atomic mass is 9.94. The molecule has 2 aromatic carbocycles. The van der Waals surface area contributed by atoms with Crippen molar-refractivity contribution in [1.82, 2.24) is 0 Å². The van der Waals surface area contributed by atoms with E-state index in [2.05, 4.69) is 13.2 Å². The van der Waals surface area contributed by atoms with Gasteiger partial charge in [-0.2, -0.15) is 0 Å². The smallest absolute Gasteiger partial charge is 0.258 e. The Morgan fingerprint density at radius 3 is 1.41 bits per heavy atom. The van der Waals surface area contributed by atoms with E-state index in [0.29, 0.717) is 22.3 Å². The van der Waals surface area contributed by atoms with Crippen molar-refractivity contribution in [1.29, 1.82) is 0 Å². The van der Waals surface area contributed by atoms with Crippen molar-refractivity contribution in [3.63, 3.8) is 0 Å². The van der Waals surface area contributed by atoms with E-state index in [0.717, 1.165) is 0 Å². The van der Waals surface area contributed by atoms with E-state index in [9.17, 15) is 20.2 Å². The third-order valence-electron chi connectivity index (χ3n) is 3.22. The number of rotatable bonds is 5. The second kappa shape index (κ2) is 6.01. The van der Waals surface area contributed by atoms with Crippen LogP contribution in [0.1, 0.15) is 11.1 Å². The highest BCUT2D eigenvalue weighted by Crippen LogP contribution is 2.33. The normalized spacial score (nSPS) is 10.0. The summed E-state index contributed by atoms with van der Waals surface area (Å²) in [5.41, 5.74) is 2.47. The summed E-state index contributed by atoms with van der Waals surface area (Å²) in [6.07, 6.45) is 3.02. The fourth-order valence-electron chi connectivity index (χ4n) is 2.16. The van der Waals surface area contributed by atoms with Gasteiger partial charge in [-0.1, -0.05) is 25.3 Å². The molecule has 0 amide bonds. The maximum atomic E-state index is 10.8. The number of nitro benzene ring substituents is 2. The van der Waals surface area contributed by atoms with Crippen LogP contribution in [-0.2, 0) is 0 Å². The monoisotopic (exact) mass is 296 g/mol. The molecule has 6 nitrogen and oxygen atoms in total. The molecule has 2 aromatic rings. The summed E-state index contributed by atoms with van der Waals surface area (Å²) in [7, 11) is 0. The van der Waals surface area contributed by atoms with Crippen LogP contribution in [0, 0.1) is 20.2 Å². The zero-order valence-corrected chi connectivity index (χ0v) is 11.6. The Morgan fingerprint density at radius 1 is 0.773 bits per heavy atom. The average molecular weight is 296 g/mol. The maximum absolute atomic E-state index is 10.8. The van der Waals surface area contributed by atoms with E-state index in [1.807, 2.05) is 0 Å². The van der Waals surface area contributed by atoms with Gasteiger partial charge in [-0.25, -0.2) is 0 Å². The van der Waals surface area contributed by atoms with Crippen molar-refractivity contribution < 1.29 is 9.85 Å². The number of benzene rings is 2. The quantitative estimate of drug-likeness (QED) is 0.602. The van der Waals surface area contributed by atoms with Crippen LogP contribution in [0.2, 0.25) is 0 Å². The molecule has 0 saturated heterocycles. The minimum Gasteiger partial charge on any atom is -0.258 e. The fraction of sp³-hybridized carbons (Fsp3) is 0. The molecule has 0 aromatic heterocycles. The van der Waals surface area contributed by atoms with Crippen LogP contribution in [0.5, 0.6) is 0 Å². The van der Waals surface area contributed by atoms with Gasteiger partial charge < -0.3 is 0 Å². The van der Waals surface area contributed by atoms with Gasteiger partial charge in [0.2, 0.25) is 0 Å². The van der Waals surface area contributed by atoms with E-state index < -0.39 is 9.85 Å². The molecule has 6 heteroatoms. The van der Waals surface area contributed by atoms with Gasteiger partial charge in [-0.05, 0) is 34.4 Å². The summed E-state index contributed by atoms with van der Waals surface area (Å²) < 4.78 is 0. The third kappa shape index (κ3) is 2.76. The molecule has 22 heavy (non-hydrogen) atoms. The largest absolute Gasteiger partial charge is 0.270 e. The molecular weight excluding hydrogens is 284 g/mol. The van der Waals surface area contributed by atoms with Crippen molar-refractivity contribution in [2.75, 3.05) is 0 Å². The first-order chi connectivity index (χ1) is 10.5. The van der Waals surface area contributed by atoms with Crippen LogP contribution < -0.4 is 0 Å². The van der Waals surface area contributed by atoms with Gasteiger partial charge in [-0.15, -0.1) is 0 Å². The van der Waals surface area contributed by atoms with Crippen LogP contribution in [0.25, 0.3) is 23.3 Å². The Bertz CT molecular complexity index is 729. The number of nitro groups is 2. The van der Waals surface area contributed by atoms with Crippen molar-refractivity contribution >= 4 is 23.5 Å². The molecule has 2 rings (SSSR count). The van der Waals surface area contributed by atoms with Crippen LogP contribution >= 0.6 is 0 Å². The molecule has 0 fully saturated rings. The molecule has 0 bridgehead atoms. The van der Waals surface area contributed by atoms with Crippen molar-refractivity contribution in [3.05, 3.63) is 80.9 Å². The lowest BCUT2D eigenvalue weighted by Gasteiger charge is -2.10. The second-order valence-corrected chi connectivity index (χ2v) is 4.47. The molecule has 0 heterocycles. The highest BCUT2D eigenvalue weighted by atomic mass is 16.6. The molecule has 0 radical (unpaired) electrons. The predicted molar refractivity (Wildman–Crippen MR) is 85.4 cm³/mol. The Labute approximate surface area is 126 Å². The van der Waals surface area contributed by atoms with Crippen molar-refractivity contribution in [2.45, 2.75) is 0 Å². The summed E-state index contributed by atoms with van der Waals surface area (Å²) in [5.74, 6) is 0. The minimum absolute atomic E-state index is 0.0410. The summed E-state index contributed by atoms with van der Waals surface area (Å²) in [6.45, 7) is 7.32. The van der Waals surface area contributed by atoms with Crippen LogP contribution in [0.4, 0.5) is 11.4 Å². The Hall–Kier alpha value is -3.28. The summed E-state index contributed by atoms with van der Waals surface area (Å²) in [4.78, 5) is 20.7. The SMILES string of the molecule is C=Cc1cc([N+](=O)[O-])ccc1-c1ccc([N+](=O)[O-])cc1C=C. The minimum atomic E-state index is -0.485. The van der Waals surface area contributed by atoms with E-state index >= 15 is 0 Å². The van der Waals surface area contributed by atoms with Gasteiger partial charge in [0.15, 0.2) is 0 Å². The van der Waals surface area contributed by atoms with E-state index in [1.54, 1.807) is 12.1 Å². The topological polar surface area (TPSA) is 86.3 Å². The molecule has 0 spiro atoms. The molecule has 0 aliphatic carbocycles. The predicted octanol–water partition coefficient (Wildman–Crippen LogP) is 4.46. The first-order valence-corrected chi connectivity index (χ1v) is 6.30. The number of hydrogen-bond acceptors (Lipinski definition) is 4. The van der Waals surface area contributed by atoms with Crippen LogP contribution in [0.15, 0.2) is 49.6 Å². The highest BCUT2D eigenvalue weighted by Gasteiger charge is 2.14. The van der Waals surface area contributed by atoms with Crippen molar-refractivity contribution in [3.8, 4) is 11.1 Å². The molecule has 0 aliphatic rings. The maximum Gasteiger partial charge on any atom is 0.270 e. The lowest BCUT2D eigenvalue weighted by Crippen LogP contribution is -1.93. The molecular formula is C16H12N2O4. The zero-order chi connectivity index (χ0) is 16.3. The van der Waals surface area contributed by atoms with Gasteiger partial charge in [0.1, 0.15) is 0 Å². The molecule has 110 valence electrons. The van der Waals surface area contributed by atoms with E-state index in [-0.39, 0.29) is 11.4 Å². The first-order valence-electron chi connectivity index (χ1n) is 6.30. The molecule has 0 atom stereocenters. The Kier molecular flexibility index (Phi) is 4.13. The third-order valence-corrected chi connectivity index (χ3v) is 3.22. The molecule has 0 saturated carbocycles. The van der Waals surface area contributed by atoms with Gasteiger partial charge in [0.05, 0.1) is 9.85 Å². The Balaban J connectivity index is 2.65. The number of nitrogens with zero attached hydrogens (tertiary/aromatic N) is 2. The summed E-state index contributed by atoms with van der Waals surface area (Å²) in [6, 6.07) is 8.80. The molecule has 0 unspecified atom stereocenters. The van der Waals surface area contributed by atoms with Crippen LogP contribution in [-0.4, -0.2) is 9.85 Å². The van der Waals surface area contributed by atoms with E-state index in [1.165, 1.54) is 36.4 Å². The van der Waals surface area contributed by atoms with Crippen LogP contribution in [0.3, 0.4) is 0 Å². The van der Waals surface area contributed by atoms with E-state index in [4.69, 9.17) is 0 Å². The highest BCUT2D eigenvalue weighted by molar-refractivity contribution is 5.83. The number of non-ortho nitro benzene ring substituents is 2. The lowest BCUT2D eigenvalue weighted by molar-refractivity contribution is -0.385. The van der Waals surface area contributed by atoms with Gasteiger partial charge in [-0.3, -0.25) is 20.2 Å². The molecule has 0 N–H and O–H groups in total. The Morgan fingerprint density at radius 2 is 1.14 bits per heavy atom. The van der Waals surface area contributed by atoms with Gasteiger partial charge >= 0.3 is 0 Å². The van der Waals surface area contributed by atoms with Gasteiger partial charge in [0.25, 0.3) is 11.4 Å². The fourth-order valence-corrected chi connectivity index (χ4v) is 2.16. The second-order valence-electron chi connectivity index (χ2n) is 4.47. The molecule has 0 aliphatic heterocycles. The standard InChI is InChI=1S/C16H12N2O4/c1-3-11-9-13(17(19)20)5-7-15(11)16-8-6-14(18(21)22)10-12(16)4-2/h3-10H,1-2H2.